The Morgan fingerprint density at radius 3 is 2.83 bits per heavy atom. The maximum atomic E-state index is 10.1. The fourth-order valence-corrected chi connectivity index (χ4v) is 0.976. The summed E-state index contributed by atoms with van der Waals surface area (Å²) in [5, 5.41) is 8.18. The number of terminal acetylenes is 1. The Labute approximate surface area is 74.0 Å². The first-order valence-electron chi connectivity index (χ1n) is 3.31. The minimum Gasteiger partial charge on any atom is -0.284 e. The van der Waals surface area contributed by atoms with Gasteiger partial charge in [0, 0.05) is 6.42 Å². The van der Waals surface area contributed by atoms with Crippen molar-refractivity contribution in [3.63, 3.8) is 0 Å². The number of rotatable bonds is 5. The fourth-order valence-electron chi connectivity index (χ4n) is 0.625. The van der Waals surface area contributed by atoms with Crippen molar-refractivity contribution in [2.24, 2.45) is 0 Å². The summed E-state index contributed by atoms with van der Waals surface area (Å²) >= 11 is -2.33. The van der Waals surface area contributed by atoms with Gasteiger partial charge in [-0.15, -0.1) is 6.42 Å². The number of nitriles is 1. The SMILES string of the molecule is C#CC(CCCC#N)OS(=O)O. The Bertz CT molecular complexity index is 228. The number of hydrogen-bond acceptors (Lipinski definition) is 3. The minimum atomic E-state index is -2.33. The molecule has 0 aromatic carbocycles. The molecule has 0 aliphatic carbocycles. The second-order valence-electron chi connectivity index (χ2n) is 2.02. The molecule has 0 aliphatic heterocycles. The molecule has 66 valence electrons. The molecule has 0 spiro atoms. The third kappa shape index (κ3) is 5.87. The number of hydrogen-bond donors (Lipinski definition) is 1. The van der Waals surface area contributed by atoms with Crippen molar-refractivity contribution in [1.82, 2.24) is 0 Å². The molecule has 0 heterocycles. The highest BCUT2D eigenvalue weighted by molar-refractivity contribution is 7.74. The van der Waals surface area contributed by atoms with Gasteiger partial charge < -0.3 is 0 Å². The highest BCUT2D eigenvalue weighted by Crippen LogP contribution is 2.04. The zero-order chi connectivity index (χ0) is 9.40. The predicted molar refractivity (Wildman–Crippen MR) is 43.9 cm³/mol. The molecule has 0 saturated heterocycles. The summed E-state index contributed by atoms with van der Waals surface area (Å²) in [6.45, 7) is 0. The maximum absolute atomic E-state index is 10.1. The van der Waals surface area contributed by atoms with E-state index in [2.05, 4.69) is 10.1 Å². The molecule has 2 atom stereocenters. The van der Waals surface area contributed by atoms with Gasteiger partial charge in [0.1, 0.15) is 6.10 Å². The van der Waals surface area contributed by atoms with Crippen molar-refractivity contribution in [2.75, 3.05) is 0 Å². The van der Waals surface area contributed by atoms with Gasteiger partial charge in [0.05, 0.1) is 6.07 Å². The van der Waals surface area contributed by atoms with Crippen molar-refractivity contribution in [3.8, 4) is 18.4 Å². The number of nitrogens with zero attached hydrogens (tertiary/aromatic N) is 1. The van der Waals surface area contributed by atoms with Crippen LogP contribution in [0.5, 0.6) is 0 Å². The highest BCUT2D eigenvalue weighted by Gasteiger charge is 2.07. The van der Waals surface area contributed by atoms with Crippen molar-refractivity contribution in [3.05, 3.63) is 0 Å². The second-order valence-corrected chi connectivity index (χ2v) is 2.65. The van der Waals surface area contributed by atoms with E-state index in [9.17, 15) is 4.21 Å². The molecule has 0 aromatic rings. The van der Waals surface area contributed by atoms with E-state index in [0.29, 0.717) is 19.3 Å². The summed E-state index contributed by atoms with van der Waals surface area (Å²) in [6.07, 6.45) is 5.70. The van der Waals surface area contributed by atoms with Gasteiger partial charge in [0.2, 0.25) is 0 Å². The van der Waals surface area contributed by atoms with Crippen LogP contribution < -0.4 is 0 Å². The summed E-state index contributed by atoms with van der Waals surface area (Å²) in [4.78, 5) is 0. The summed E-state index contributed by atoms with van der Waals surface area (Å²) in [5.41, 5.74) is 0. The number of unbranched alkanes of at least 4 members (excludes halogenated alkanes) is 1. The third-order valence-corrected chi connectivity index (χ3v) is 1.54. The Kier molecular flexibility index (Phi) is 6.31. The molecule has 0 aromatic heterocycles. The van der Waals surface area contributed by atoms with Crippen LogP contribution in [0.25, 0.3) is 0 Å². The molecule has 0 saturated carbocycles. The lowest BCUT2D eigenvalue weighted by Gasteiger charge is -2.05. The van der Waals surface area contributed by atoms with Crippen LogP contribution in [0.1, 0.15) is 19.3 Å². The van der Waals surface area contributed by atoms with Gasteiger partial charge in [-0.3, -0.25) is 8.74 Å². The normalized spacial score (nSPS) is 14.2. The van der Waals surface area contributed by atoms with Crippen molar-refractivity contribution in [2.45, 2.75) is 25.4 Å². The van der Waals surface area contributed by atoms with Gasteiger partial charge in [0.15, 0.2) is 0 Å². The molecule has 12 heavy (non-hydrogen) atoms. The van der Waals surface area contributed by atoms with Gasteiger partial charge >= 0.3 is 11.4 Å². The third-order valence-electron chi connectivity index (χ3n) is 1.14. The van der Waals surface area contributed by atoms with E-state index in [1.54, 1.807) is 0 Å². The molecule has 0 radical (unpaired) electrons. The Morgan fingerprint density at radius 1 is 1.75 bits per heavy atom. The summed E-state index contributed by atoms with van der Waals surface area (Å²) < 4.78 is 22.9. The molecular formula is C7H9NO3S. The first kappa shape index (κ1) is 11.1. The first-order chi connectivity index (χ1) is 5.70. The average Bonchev–Trinajstić information content (AvgIpc) is 2.02. The van der Waals surface area contributed by atoms with E-state index in [1.165, 1.54) is 0 Å². The molecule has 2 unspecified atom stereocenters. The summed E-state index contributed by atoms with van der Waals surface area (Å²) in [5.74, 6) is 2.21. The second kappa shape index (κ2) is 6.81. The summed E-state index contributed by atoms with van der Waals surface area (Å²) in [7, 11) is 0. The van der Waals surface area contributed by atoms with Gasteiger partial charge in [0.25, 0.3) is 0 Å². The van der Waals surface area contributed by atoms with Crippen molar-refractivity contribution >= 4 is 11.4 Å². The van der Waals surface area contributed by atoms with E-state index < -0.39 is 17.5 Å². The molecule has 0 bridgehead atoms. The first-order valence-corrected chi connectivity index (χ1v) is 4.35. The van der Waals surface area contributed by atoms with Crippen LogP contribution >= 0.6 is 0 Å². The van der Waals surface area contributed by atoms with Gasteiger partial charge in [-0.25, -0.2) is 0 Å². The van der Waals surface area contributed by atoms with Crippen LogP contribution in [0, 0.1) is 23.7 Å². The zero-order valence-electron chi connectivity index (χ0n) is 6.40. The van der Waals surface area contributed by atoms with Crippen molar-refractivity contribution < 1.29 is 12.9 Å². The maximum Gasteiger partial charge on any atom is 0.303 e. The highest BCUT2D eigenvalue weighted by atomic mass is 32.2. The van der Waals surface area contributed by atoms with E-state index >= 15 is 0 Å². The molecule has 4 nitrogen and oxygen atoms in total. The van der Waals surface area contributed by atoms with E-state index in [-0.39, 0.29) is 0 Å². The molecule has 0 fully saturated rings. The molecule has 1 N–H and O–H groups in total. The Hall–Kier alpha value is -0.880. The van der Waals surface area contributed by atoms with Crippen LogP contribution in [-0.4, -0.2) is 14.9 Å². The Balaban J connectivity index is 3.64. The lowest BCUT2D eigenvalue weighted by Crippen LogP contribution is -2.11. The monoisotopic (exact) mass is 187 g/mol. The molecule has 0 rings (SSSR count). The summed E-state index contributed by atoms with van der Waals surface area (Å²) in [6, 6.07) is 1.94. The average molecular weight is 187 g/mol. The van der Waals surface area contributed by atoms with Crippen LogP contribution in [-0.2, 0) is 15.5 Å². The van der Waals surface area contributed by atoms with Crippen LogP contribution in [0.15, 0.2) is 0 Å². The largest absolute Gasteiger partial charge is 0.303 e. The van der Waals surface area contributed by atoms with Gasteiger partial charge in [-0.05, 0) is 12.8 Å². The molecule has 0 aliphatic rings. The molecule has 0 amide bonds. The minimum absolute atomic E-state index is 0.375. The zero-order valence-corrected chi connectivity index (χ0v) is 7.21. The smallest absolute Gasteiger partial charge is 0.284 e. The van der Waals surface area contributed by atoms with E-state index in [1.807, 2.05) is 6.07 Å². The molecule has 5 heteroatoms. The Morgan fingerprint density at radius 2 is 2.42 bits per heavy atom. The van der Waals surface area contributed by atoms with Crippen LogP contribution in [0.4, 0.5) is 0 Å². The molecular weight excluding hydrogens is 178 g/mol. The lowest BCUT2D eigenvalue weighted by atomic mass is 10.2. The van der Waals surface area contributed by atoms with Crippen molar-refractivity contribution in [1.29, 1.82) is 5.26 Å². The lowest BCUT2D eigenvalue weighted by molar-refractivity contribution is 0.244. The predicted octanol–water partition coefficient (Wildman–Crippen LogP) is 0.835. The van der Waals surface area contributed by atoms with Gasteiger partial charge in [-0.1, -0.05) is 5.92 Å². The van der Waals surface area contributed by atoms with Crippen LogP contribution in [0.3, 0.4) is 0 Å². The van der Waals surface area contributed by atoms with Gasteiger partial charge in [-0.2, -0.15) is 9.47 Å². The van der Waals surface area contributed by atoms with Crippen LogP contribution in [0.2, 0.25) is 0 Å². The topological polar surface area (TPSA) is 70.3 Å². The fraction of sp³-hybridized carbons (Fsp3) is 0.571. The van der Waals surface area contributed by atoms with E-state index in [0.717, 1.165) is 0 Å². The quantitative estimate of drug-likeness (QED) is 0.393. The standard InChI is InChI=1S/C7H9NO3S/c1-2-7(11-12(9)10)5-3-4-6-8/h1,7H,3-5H2,(H,9,10). The van der Waals surface area contributed by atoms with E-state index in [4.69, 9.17) is 16.2 Å².